The summed E-state index contributed by atoms with van der Waals surface area (Å²) in [5.74, 6) is 1.19. The van der Waals surface area contributed by atoms with Crippen LogP contribution in [0.25, 0.3) is 0 Å². The smallest absolute Gasteiger partial charge is 0.276 e. The number of fused-ring (bicyclic) bond motifs is 1. The van der Waals surface area contributed by atoms with E-state index in [1.54, 1.807) is 12.3 Å². The molecule has 0 bridgehead atoms. The summed E-state index contributed by atoms with van der Waals surface area (Å²) in [5, 5.41) is 4.02. The van der Waals surface area contributed by atoms with E-state index in [1.165, 1.54) is 0 Å². The second-order valence-corrected chi connectivity index (χ2v) is 7.56. The molecule has 0 aromatic carbocycles. The van der Waals surface area contributed by atoms with Crippen molar-refractivity contribution in [3.63, 3.8) is 0 Å². The topological polar surface area (TPSA) is 77.7 Å². The van der Waals surface area contributed by atoms with Gasteiger partial charge in [-0.15, -0.1) is 0 Å². The minimum absolute atomic E-state index is 0.0288. The maximum absolute atomic E-state index is 13.1. The van der Waals surface area contributed by atoms with E-state index in [0.29, 0.717) is 31.4 Å². The molecule has 0 unspecified atom stereocenters. The number of pyridine rings is 1. The molecule has 27 heavy (non-hydrogen) atoms. The number of hydrogen-bond acceptors (Lipinski definition) is 6. The number of hydrogen-bond donors (Lipinski definition) is 0. The normalized spacial score (nSPS) is 27.6. The first-order valence-corrected chi connectivity index (χ1v) is 9.70. The zero-order chi connectivity index (χ0) is 18.2. The first-order chi connectivity index (χ1) is 13.3. The van der Waals surface area contributed by atoms with Crippen molar-refractivity contribution >= 4 is 5.91 Å². The predicted molar refractivity (Wildman–Crippen MR) is 95.1 cm³/mol. The van der Waals surface area contributed by atoms with Crippen LogP contribution in [0.4, 0.5) is 0 Å². The highest BCUT2D eigenvalue weighted by atomic mass is 16.5. The highest BCUT2D eigenvalue weighted by Crippen LogP contribution is 2.40. The van der Waals surface area contributed by atoms with Gasteiger partial charge in [0.05, 0.1) is 24.9 Å². The van der Waals surface area contributed by atoms with Crippen LogP contribution in [-0.4, -0.2) is 52.3 Å². The molecule has 1 aliphatic carbocycles. The van der Waals surface area contributed by atoms with Gasteiger partial charge in [-0.2, -0.15) is 0 Å². The highest BCUT2D eigenvalue weighted by molar-refractivity contribution is 5.92. The third-order valence-corrected chi connectivity index (χ3v) is 5.64. The Kier molecular flexibility index (Phi) is 4.41. The van der Waals surface area contributed by atoms with Gasteiger partial charge in [-0.05, 0) is 37.8 Å². The maximum Gasteiger partial charge on any atom is 0.276 e. The second kappa shape index (κ2) is 7.05. The Morgan fingerprint density at radius 3 is 3.04 bits per heavy atom. The van der Waals surface area contributed by atoms with E-state index < -0.39 is 0 Å². The van der Waals surface area contributed by atoms with Crippen LogP contribution in [0.3, 0.4) is 0 Å². The monoisotopic (exact) mass is 369 g/mol. The molecular formula is C20H23N3O4. The van der Waals surface area contributed by atoms with Crippen LogP contribution in [0.5, 0.6) is 0 Å². The fourth-order valence-electron chi connectivity index (χ4n) is 4.06. The molecule has 3 fully saturated rings. The van der Waals surface area contributed by atoms with E-state index >= 15 is 0 Å². The van der Waals surface area contributed by atoms with Crippen molar-refractivity contribution in [3.8, 4) is 0 Å². The number of rotatable bonds is 5. The van der Waals surface area contributed by atoms with Crippen LogP contribution in [0.1, 0.15) is 53.5 Å². The number of nitrogens with zero attached hydrogens (tertiary/aromatic N) is 3. The van der Waals surface area contributed by atoms with Crippen molar-refractivity contribution in [1.29, 1.82) is 0 Å². The van der Waals surface area contributed by atoms with Crippen molar-refractivity contribution < 1.29 is 18.8 Å². The van der Waals surface area contributed by atoms with Gasteiger partial charge in [0.1, 0.15) is 18.0 Å². The van der Waals surface area contributed by atoms with E-state index in [-0.39, 0.29) is 24.2 Å². The lowest BCUT2D eigenvalue weighted by Gasteiger charge is -2.31. The number of ether oxygens (including phenoxy) is 2. The molecule has 2 aromatic heterocycles. The van der Waals surface area contributed by atoms with E-state index in [2.05, 4.69) is 10.1 Å². The zero-order valence-corrected chi connectivity index (χ0v) is 15.1. The first kappa shape index (κ1) is 16.9. The summed E-state index contributed by atoms with van der Waals surface area (Å²) < 4.78 is 17.5. The maximum atomic E-state index is 13.1. The summed E-state index contributed by atoms with van der Waals surface area (Å²) >= 11 is 0. The zero-order valence-electron chi connectivity index (χ0n) is 15.1. The van der Waals surface area contributed by atoms with Crippen molar-refractivity contribution in [2.24, 2.45) is 0 Å². The Hall–Kier alpha value is -2.25. The van der Waals surface area contributed by atoms with Gasteiger partial charge in [0.15, 0.2) is 5.69 Å². The average Bonchev–Trinajstić information content (AvgIpc) is 3.33. The molecule has 0 radical (unpaired) electrons. The van der Waals surface area contributed by atoms with E-state index in [0.717, 1.165) is 37.1 Å². The molecule has 3 atom stereocenters. The Labute approximate surface area is 157 Å². The standard InChI is InChI=1S/C20H23N3O4/c24-20(15-10-17(27-22-15)13-6-7-13)23-11-18(19-16(23)5-3-9-25-19)26-12-14-4-1-2-8-21-14/h1-2,4,8,10,13,16,18-19H,3,5-7,9,11-12H2/t16-,18+,19+/m1/s1. The lowest BCUT2D eigenvalue weighted by molar-refractivity contribution is -0.0814. The van der Waals surface area contributed by atoms with Gasteiger partial charge < -0.3 is 18.9 Å². The van der Waals surface area contributed by atoms with Gasteiger partial charge in [-0.25, -0.2) is 0 Å². The van der Waals surface area contributed by atoms with Crippen LogP contribution in [-0.2, 0) is 16.1 Å². The van der Waals surface area contributed by atoms with Gasteiger partial charge in [0.2, 0.25) is 0 Å². The number of aromatic nitrogens is 2. The molecule has 5 rings (SSSR count). The average molecular weight is 369 g/mol. The Bertz CT molecular complexity index is 805. The van der Waals surface area contributed by atoms with Crippen LogP contribution in [0, 0.1) is 0 Å². The first-order valence-electron chi connectivity index (χ1n) is 9.70. The van der Waals surface area contributed by atoms with Gasteiger partial charge in [0.25, 0.3) is 5.91 Å². The molecule has 4 heterocycles. The number of amides is 1. The molecule has 7 heteroatoms. The molecule has 2 aromatic rings. The quantitative estimate of drug-likeness (QED) is 0.806. The van der Waals surface area contributed by atoms with Crippen molar-refractivity contribution in [2.75, 3.05) is 13.2 Å². The molecular weight excluding hydrogens is 346 g/mol. The summed E-state index contributed by atoms with van der Waals surface area (Å²) in [7, 11) is 0. The van der Waals surface area contributed by atoms with Gasteiger partial charge in [-0.3, -0.25) is 9.78 Å². The van der Waals surface area contributed by atoms with E-state index in [1.807, 2.05) is 23.1 Å². The SMILES string of the molecule is O=C(c1cc(C2CC2)on1)N1C[C@H](OCc2ccccn2)[C@H]2OCCC[C@H]21. The fraction of sp³-hybridized carbons (Fsp3) is 0.550. The summed E-state index contributed by atoms with van der Waals surface area (Å²) in [5.41, 5.74) is 1.27. The minimum Gasteiger partial charge on any atom is -0.373 e. The van der Waals surface area contributed by atoms with Gasteiger partial charge in [0, 0.05) is 24.8 Å². The molecule has 2 aliphatic heterocycles. The molecule has 0 N–H and O–H groups in total. The van der Waals surface area contributed by atoms with Crippen molar-refractivity contribution in [3.05, 3.63) is 47.6 Å². The Morgan fingerprint density at radius 1 is 1.30 bits per heavy atom. The van der Waals surface area contributed by atoms with E-state index in [9.17, 15) is 4.79 Å². The lowest BCUT2D eigenvalue weighted by atomic mass is 10.0. The largest absolute Gasteiger partial charge is 0.373 e. The number of carbonyl (C=O) groups excluding carboxylic acids is 1. The summed E-state index contributed by atoms with van der Waals surface area (Å²) in [6, 6.07) is 7.60. The third kappa shape index (κ3) is 3.37. The second-order valence-electron chi connectivity index (χ2n) is 7.56. The van der Waals surface area contributed by atoms with Crippen LogP contribution < -0.4 is 0 Å². The van der Waals surface area contributed by atoms with Crippen LogP contribution in [0.2, 0.25) is 0 Å². The third-order valence-electron chi connectivity index (χ3n) is 5.64. The summed E-state index contributed by atoms with van der Waals surface area (Å²) in [6.45, 7) is 1.63. The Morgan fingerprint density at radius 2 is 2.22 bits per heavy atom. The van der Waals surface area contributed by atoms with Crippen molar-refractivity contribution in [1.82, 2.24) is 15.0 Å². The molecule has 7 nitrogen and oxygen atoms in total. The molecule has 2 saturated heterocycles. The number of carbonyl (C=O) groups is 1. The lowest BCUT2D eigenvalue weighted by Crippen LogP contribution is -2.44. The molecule has 1 saturated carbocycles. The molecule has 0 spiro atoms. The van der Waals surface area contributed by atoms with Gasteiger partial charge >= 0.3 is 0 Å². The van der Waals surface area contributed by atoms with Crippen LogP contribution in [0.15, 0.2) is 35.0 Å². The molecule has 3 aliphatic rings. The van der Waals surface area contributed by atoms with Crippen molar-refractivity contribution in [2.45, 2.75) is 56.5 Å². The molecule has 142 valence electrons. The van der Waals surface area contributed by atoms with Gasteiger partial charge in [-0.1, -0.05) is 11.2 Å². The summed E-state index contributed by atoms with van der Waals surface area (Å²) in [4.78, 5) is 19.2. The highest BCUT2D eigenvalue weighted by Gasteiger charge is 2.47. The fourth-order valence-corrected chi connectivity index (χ4v) is 4.06. The van der Waals surface area contributed by atoms with E-state index in [4.69, 9.17) is 14.0 Å². The predicted octanol–water partition coefficient (Wildman–Crippen LogP) is 2.54. The Balaban J connectivity index is 1.30. The summed E-state index contributed by atoms with van der Waals surface area (Å²) in [6.07, 6.45) is 5.61. The number of likely N-dealkylation sites (tertiary alicyclic amines) is 1. The minimum atomic E-state index is -0.156. The molecule has 1 amide bonds. The van der Waals surface area contributed by atoms with Crippen LogP contribution >= 0.6 is 0 Å².